The average Bonchev–Trinajstić information content (AvgIpc) is 3.45. The van der Waals surface area contributed by atoms with Crippen LogP contribution in [0.1, 0.15) is 76.6 Å². The van der Waals surface area contributed by atoms with Gasteiger partial charge in [0.2, 0.25) is 5.13 Å². The number of methoxy groups -OCH3 is 1. The Morgan fingerprint density at radius 3 is 2.51 bits per heavy atom. The lowest BCUT2D eigenvalue weighted by molar-refractivity contribution is 0.0708. The van der Waals surface area contributed by atoms with Gasteiger partial charge in [-0.15, -0.1) is 21.5 Å². The molecule has 0 spiro atoms. The summed E-state index contributed by atoms with van der Waals surface area (Å²) < 4.78 is 5.78. The minimum atomic E-state index is -0.250. The smallest absolute Gasteiger partial charge is 0.259 e. The van der Waals surface area contributed by atoms with Gasteiger partial charge in [-0.1, -0.05) is 43.7 Å². The van der Waals surface area contributed by atoms with Crippen molar-refractivity contribution in [1.82, 2.24) is 20.1 Å². The van der Waals surface area contributed by atoms with Crippen LogP contribution in [0.3, 0.4) is 0 Å². The van der Waals surface area contributed by atoms with E-state index in [1.54, 1.807) is 5.38 Å². The van der Waals surface area contributed by atoms with E-state index in [2.05, 4.69) is 36.3 Å². The van der Waals surface area contributed by atoms with E-state index in [9.17, 15) is 9.59 Å². The van der Waals surface area contributed by atoms with Crippen molar-refractivity contribution in [3.63, 3.8) is 0 Å². The van der Waals surface area contributed by atoms with Crippen LogP contribution < -0.4 is 10.1 Å². The molecule has 1 aliphatic rings. The molecule has 3 aromatic heterocycles. The first-order valence-corrected chi connectivity index (χ1v) is 13.4. The van der Waals surface area contributed by atoms with Crippen LogP contribution in [0.4, 0.5) is 5.13 Å². The first kappa shape index (κ1) is 25.5. The van der Waals surface area contributed by atoms with Crippen molar-refractivity contribution in [2.75, 3.05) is 25.5 Å². The average molecular weight is 534 g/mol. The molecule has 1 aliphatic heterocycles. The highest BCUT2D eigenvalue weighted by atomic mass is 35.5. The summed E-state index contributed by atoms with van der Waals surface area (Å²) in [6.45, 7) is 9.20. The molecule has 3 aromatic rings. The van der Waals surface area contributed by atoms with E-state index in [-0.39, 0.29) is 23.1 Å². The van der Waals surface area contributed by atoms with E-state index in [1.807, 2.05) is 24.0 Å². The SMILES string of the molecule is COc1c(C(=O)N2CCC(c3nc(C)ccc3C(=O)Nc3nnc(C(C)(C)C)s3)CC2)csc1Cl. The van der Waals surface area contributed by atoms with Crippen molar-refractivity contribution in [2.45, 2.75) is 51.9 Å². The third kappa shape index (κ3) is 5.49. The molecule has 186 valence electrons. The molecule has 4 heterocycles. The fraction of sp³-hybridized carbons (Fsp3) is 0.458. The number of thiophene rings is 1. The van der Waals surface area contributed by atoms with E-state index in [0.29, 0.717) is 52.3 Å². The van der Waals surface area contributed by atoms with Gasteiger partial charge in [0, 0.05) is 35.5 Å². The Balaban J connectivity index is 1.48. The van der Waals surface area contributed by atoms with Gasteiger partial charge < -0.3 is 9.64 Å². The van der Waals surface area contributed by atoms with Gasteiger partial charge in [0.1, 0.15) is 9.34 Å². The fourth-order valence-electron chi connectivity index (χ4n) is 4.01. The van der Waals surface area contributed by atoms with Crippen LogP contribution in [0.5, 0.6) is 5.75 Å². The number of amides is 2. The van der Waals surface area contributed by atoms with E-state index < -0.39 is 0 Å². The van der Waals surface area contributed by atoms with Crippen LogP contribution >= 0.6 is 34.3 Å². The Morgan fingerprint density at radius 2 is 1.89 bits per heavy atom. The summed E-state index contributed by atoms with van der Waals surface area (Å²) in [6, 6.07) is 3.65. The van der Waals surface area contributed by atoms with Gasteiger partial charge in [-0.2, -0.15) is 0 Å². The zero-order valence-corrected chi connectivity index (χ0v) is 22.7. The molecule has 0 saturated carbocycles. The summed E-state index contributed by atoms with van der Waals surface area (Å²) in [6.07, 6.45) is 1.41. The Kier molecular flexibility index (Phi) is 7.44. The quantitative estimate of drug-likeness (QED) is 0.463. The molecule has 0 unspecified atom stereocenters. The summed E-state index contributed by atoms with van der Waals surface area (Å²) in [5.74, 6) is 0.145. The molecule has 0 radical (unpaired) electrons. The van der Waals surface area contributed by atoms with Crippen LogP contribution in [0.2, 0.25) is 4.34 Å². The lowest BCUT2D eigenvalue weighted by Gasteiger charge is -2.32. The Bertz CT molecular complexity index is 1240. The van der Waals surface area contributed by atoms with Crippen LogP contribution in [0.25, 0.3) is 0 Å². The fourth-order valence-corrected chi connectivity index (χ4v) is 5.85. The number of carbonyl (C=O) groups is 2. The normalized spacial score (nSPS) is 14.7. The van der Waals surface area contributed by atoms with Gasteiger partial charge in [0.05, 0.1) is 23.9 Å². The molecule has 8 nitrogen and oxygen atoms in total. The van der Waals surface area contributed by atoms with Crippen molar-refractivity contribution < 1.29 is 14.3 Å². The monoisotopic (exact) mass is 533 g/mol. The van der Waals surface area contributed by atoms with Gasteiger partial charge in [0.15, 0.2) is 5.75 Å². The van der Waals surface area contributed by atoms with Gasteiger partial charge >= 0.3 is 0 Å². The molecule has 1 N–H and O–H groups in total. The number of nitrogens with one attached hydrogen (secondary N) is 1. The Hall–Kier alpha value is -2.56. The number of nitrogens with zero attached hydrogens (tertiary/aromatic N) is 4. The van der Waals surface area contributed by atoms with Gasteiger partial charge in [0.25, 0.3) is 11.8 Å². The number of aryl methyl sites for hydroxylation is 1. The van der Waals surface area contributed by atoms with E-state index in [1.165, 1.54) is 29.8 Å². The number of ether oxygens (including phenoxy) is 1. The second-order valence-electron chi connectivity index (χ2n) is 9.52. The third-order valence-corrected chi connectivity index (χ3v) is 8.35. The number of carbonyl (C=O) groups excluding carboxylic acids is 2. The van der Waals surface area contributed by atoms with Crippen molar-refractivity contribution in [3.8, 4) is 5.75 Å². The molecule has 0 atom stereocenters. The van der Waals surface area contributed by atoms with Crippen LogP contribution in [-0.2, 0) is 5.41 Å². The number of hydrogen-bond donors (Lipinski definition) is 1. The predicted octanol–water partition coefficient (Wildman–Crippen LogP) is 5.53. The molecule has 0 bridgehead atoms. The molecule has 1 saturated heterocycles. The second kappa shape index (κ2) is 10.2. The summed E-state index contributed by atoms with van der Waals surface area (Å²) in [5, 5.41) is 14.3. The number of hydrogen-bond acceptors (Lipinski definition) is 8. The first-order chi connectivity index (χ1) is 16.6. The molecule has 0 aromatic carbocycles. The van der Waals surface area contributed by atoms with Crippen molar-refractivity contribution in [1.29, 1.82) is 0 Å². The maximum atomic E-state index is 13.2. The van der Waals surface area contributed by atoms with Crippen LogP contribution in [0, 0.1) is 6.92 Å². The summed E-state index contributed by atoms with van der Waals surface area (Å²) in [7, 11) is 1.51. The topological polar surface area (TPSA) is 97.3 Å². The maximum absolute atomic E-state index is 13.2. The molecular weight excluding hydrogens is 506 g/mol. The number of likely N-dealkylation sites (tertiary alicyclic amines) is 1. The predicted molar refractivity (Wildman–Crippen MR) is 139 cm³/mol. The van der Waals surface area contributed by atoms with E-state index in [0.717, 1.165) is 16.4 Å². The second-order valence-corrected chi connectivity index (χ2v) is 12.0. The molecule has 1 fully saturated rings. The first-order valence-electron chi connectivity index (χ1n) is 11.3. The standard InChI is InChI=1S/C24H28ClN5O3S2/c1-13-6-7-15(20(31)27-23-29-28-22(35-23)24(2,3)4)17(26-13)14-8-10-30(11-9-14)21(32)16-12-34-19(25)18(16)33-5/h6-7,12,14H,8-11H2,1-5H3,(H,27,29,31). The number of pyridine rings is 1. The van der Waals surface area contributed by atoms with Crippen molar-refractivity contribution in [3.05, 3.63) is 49.4 Å². The van der Waals surface area contributed by atoms with Gasteiger partial charge in [-0.25, -0.2) is 0 Å². The molecule has 4 rings (SSSR count). The molecule has 35 heavy (non-hydrogen) atoms. The highest BCUT2D eigenvalue weighted by Gasteiger charge is 2.30. The summed E-state index contributed by atoms with van der Waals surface area (Å²) in [5.41, 5.74) is 2.48. The lowest BCUT2D eigenvalue weighted by Crippen LogP contribution is -2.38. The zero-order chi connectivity index (χ0) is 25.3. The Labute approximate surface area is 217 Å². The van der Waals surface area contributed by atoms with E-state index in [4.69, 9.17) is 21.3 Å². The minimum Gasteiger partial charge on any atom is -0.493 e. The number of rotatable bonds is 5. The number of anilines is 1. The third-order valence-electron chi connectivity index (χ3n) is 5.90. The highest BCUT2D eigenvalue weighted by molar-refractivity contribution is 7.15. The lowest BCUT2D eigenvalue weighted by atomic mass is 9.89. The van der Waals surface area contributed by atoms with Crippen LogP contribution in [-0.4, -0.2) is 52.1 Å². The van der Waals surface area contributed by atoms with Crippen LogP contribution in [0.15, 0.2) is 17.5 Å². The largest absolute Gasteiger partial charge is 0.493 e. The van der Waals surface area contributed by atoms with Crippen molar-refractivity contribution in [2.24, 2.45) is 0 Å². The highest BCUT2D eigenvalue weighted by Crippen LogP contribution is 2.37. The summed E-state index contributed by atoms with van der Waals surface area (Å²) in [4.78, 5) is 32.8. The number of aromatic nitrogens is 3. The van der Waals surface area contributed by atoms with Gasteiger partial charge in [-0.05, 0) is 31.9 Å². The van der Waals surface area contributed by atoms with E-state index >= 15 is 0 Å². The minimum absolute atomic E-state index is 0.0622. The maximum Gasteiger partial charge on any atom is 0.259 e. The number of halogens is 1. The molecular formula is C24H28ClN5O3S2. The summed E-state index contributed by atoms with van der Waals surface area (Å²) >= 11 is 8.80. The molecule has 2 amide bonds. The number of piperidine rings is 1. The van der Waals surface area contributed by atoms with Crippen molar-refractivity contribution >= 4 is 51.2 Å². The zero-order valence-electron chi connectivity index (χ0n) is 20.3. The molecule has 0 aliphatic carbocycles. The van der Waals surface area contributed by atoms with Gasteiger partial charge in [-0.3, -0.25) is 19.9 Å². The molecule has 11 heteroatoms. The Morgan fingerprint density at radius 1 is 1.17 bits per heavy atom.